The summed E-state index contributed by atoms with van der Waals surface area (Å²) in [5.74, 6) is 0.683. The van der Waals surface area contributed by atoms with Crippen molar-refractivity contribution >= 4 is 23.2 Å². The third-order valence-electron chi connectivity index (χ3n) is 3.11. The number of benzene rings is 1. The Morgan fingerprint density at radius 3 is 2.44 bits per heavy atom. The Morgan fingerprint density at radius 2 is 1.88 bits per heavy atom. The summed E-state index contributed by atoms with van der Waals surface area (Å²) < 4.78 is 0. The van der Waals surface area contributed by atoms with E-state index in [1.807, 2.05) is 18.2 Å². The van der Waals surface area contributed by atoms with Crippen LogP contribution in [0.4, 0.5) is 0 Å². The van der Waals surface area contributed by atoms with E-state index in [2.05, 4.69) is 26.1 Å². The van der Waals surface area contributed by atoms with Gasteiger partial charge in [-0.25, -0.2) is 0 Å². The molecule has 1 aromatic carbocycles. The molecule has 0 radical (unpaired) electrons. The second kappa shape index (κ2) is 6.48. The fourth-order valence-electron chi connectivity index (χ4n) is 1.48. The molecular formula is C13H19Cl2N. The first-order chi connectivity index (χ1) is 7.54. The van der Waals surface area contributed by atoms with Gasteiger partial charge in [0.05, 0.1) is 10.0 Å². The molecule has 16 heavy (non-hydrogen) atoms. The molecule has 90 valence electrons. The topological polar surface area (TPSA) is 12.0 Å². The molecule has 0 aromatic heterocycles. The minimum atomic E-state index is 0.513. The van der Waals surface area contributed by atoms with Crippen LogP contribution in [0.25, 0.3) is 0 Å². The SMILES string of the molecule is CCC(C)C(C)NCc1ccc(Cl)c(Cl)c1. The molecule has 0 saturated heterocycles. The minimum absolute atomic E-state index is 0.513. The number of hydrogen-bond donors (Lipinski definition) is 1. The van der Waals surface area contributed by atoms with E-state index < -0.39 is 0 Å². The summed E-state index contributed by atoms with van der Waals surface area (Å²) in [7, 11) is 0. The molecule has 1 nitrogen and oxygen atoms in total. The van der Waals surface area contributed by atoms with Gasteiger partial charge in [0.1, 0.15) is 0 Å². The molecule has 0 aliphatic rings. The lowest BCUT2D eigenvalue weighted by atomic mass is 10.0. The maximum absolute atomic E-state index is 5.96. The first kappa shape index (κ1) is 13.8. The molecule has 0 bridgehead atoms. The summed E-state index contributed by atoms with van der Waals surface area (Å²) in [6.07, 6.45) is 1.19. The van der Waals surface area contributed by atoms with Gasteiger partial charge in [0, 0.05) is 12.6 Å². The van der Waals surface area contributed by atoms with Crippen molar-refractivity contribution in [3.63, 3.8) is 0 Å². The van der Waals surface area contributed by atoms with Gasteiger partial charge < -0.3 is 5.32 Å². The zero-order valence-corrected chi connectivity index (χ0v) is 11.6. The fourth-order valence-corrected chi connectivity index (χ4v) is 1.80. The van der Waals surface area contributed by atoms with Crippen molar-refractivity contribution in [3.8, 4) is 0 Å². The minimum Gasteiger partial charge on any atom is -0.310 e. The van der Waals surface area contributed by atoms with Crippen molar-refractivity contribution in [3.05, 3.63) is 33.8 Å². The molecule has 0 spiro atoms. The highest BCUT2D eigenvalue weighted by Gasteiger charge is 2.09. The van der Waals surface area contributed by atoms with E-state index in [9.17, 15) is 0 Å². The lowest BCUT2D eigenvalue weighted by molar-refractivity contribution is 0.389. The van der Waals surface area contributed by atoms with Gasteiger partial charge in [0.25, 0.3) is 0 Å². The van der Waals surface area contributed by atoms with Crippen molar-refractivity contribution in [1.29, 1.82) is 0 Å². The van der Waals surface area contributed by atoms with Crippen LogP contribution in [0.15, 0.2) is 18.2 Å². The van der Waals surface area contributed by atoms with Crippen LogP contribution >= 0.6 is 23.2 Å². The van der Waals surface area contributed by atoms with Gasteiger partial charge in [-0.2, -0.15) is 0 Å². The number of nitrogens with one attached hydrogen (secondary N) is 1. The van der Waals surface area contributed by atoms with E-state index in [4.69, 9.17) is 23.2 Å². The number of halogens is 2. The van der Waals surface area contributed by atoms with Crippen molar-refractivity contribution in [1.82, 2.24) is 5.32 Å². The third kappa shape index (κ3) is 3.97. The molecule has 3 heteroatoms. The summed E-state index contributed by atoms with van der Waals surface area (Å²) in [5.41, 5.74) is 1.17. The van der Waals surface area contributed by atoms with E-state index in [-0.39, 0.29) is 0 Å². The predicted octanol–water partition coefficient (Wildman–Crippen LogP) is 4.52. The standard InChI is InChI=1S/C13H19Cl2N/c1-4-9(2)10(3)16-8-11-5-6-12(14)13(15)7-11/h5-7,9-10,16H,4,8H2,1-3H3. The third-order valence-corrected chi connectivity index (χ3v) is 3.85. The second-order valence-corrected chi connectivity index (χ2v) is 5.12. The Morgan fingerprint density at radius 1 is 1.19 bits per heavy atom. The molecule has 0 aliphatic carbocycles. The van der Waals surface area contributed by atoms with E-state index in [0.29, 0.717) is 22.0 Å². The van der Waals surface area contributed by atoms with Gasteiger partial charge in [-0.3, -0.25) is 0 Å². The Bertz CT molecular complexity index is 339. The number of hydrogen-bond acceptors (Lipinski definition) is 1. The zero-order valence-electron chi connectivity index (χ0n) is 10.1. The van der Waals surface area contributed by atoms with Crippen molar-refractivity contribution in [2.24, 2.45) is 5.92 Å². The van der Waals surface area contributed by atoms with Crippen LogP contribution < -0.4 is 5.32 Å². The van der Waals surface area contributed by atoms with Crippen LogP contribution in [-0.4, -0.2) is 6.04 Å². The van der Waals surface area contributed by atoms with Crippen LogP contribution in [0.3, 0.4) is 0 Å². The highest BCUT2D eigenvalue weighted by atomic mass is 35.5. The van der Waals surface area contributed by atoms with Crippen LogP contribution in [0.2, 0.25) is 10.0 Å². The zero-order chi connectivity index (χ0) is 12.1. The molecule has 0 aliphatic heterocycles. The van der Waals surface area contributed by atoms with Crippen molar-refractivity contribution in [2.45, 2.75) is 39.8 Å². The average molecular weight is 260 g/mol. The molecule has 0 fully saturated rings. The maximum atomic E-state index is 5.96. The summed E-state index contributed by atoms with van der Waals surface area (Å²) in [6, 6.07) is 6.28. The van der Waals surface area contributed by atoms with Gasteiger partial charge in [-0.05, 0) is 30.5 Å². The summed E-state index contributed by atoms with van der Waals surface area (Å²) in [6.45, 7) is 7.52. The lowest BCUT2D eigenvalue weighted by Crippen LogP contribution is -2.31. The van der Waals surface area contributed by atoms with E-state index in [0.717, 1.165) is 6.54 Å². The predicted molar refractivity (Wildman–Crippen MR) is 72.2 cm³/mol. The summed E-state index contributed by atoms with van der Waals surface area (Å²) in [4.78, 5) is 0. The van der Waals surface area contributed by atoms with E-state index >= 15 is 0 Å². The first-order valence-corrected chi connectivity index (χ1v) is 6.47. The van der Waals surface area contributed by atoms with Gasteiger partial charge in [-0.1, -0.05) is 49.5 Å². The maximum Gasteiger partial charge on any atom is 0.0595 e. The molecule has 0 heterocycles. The van der Waals surface area contributed by atoms with Gasteiger partial charge in [0.2, 0.25) is 0 Å². The average Bonchev–Trinajstić information content (AvgIpc) is 2.29. The fraction of sp³-hybridized carbons (Fsp3) is 0.538. The largest absolute Gasteiger partial charge is 0.310 e. The first-order valence-electron chi connectivity index (χ1n) is 5.72. The van der Waals surface area contributed by atoms with Crippen LogP contribution in [-0.2, 0) is 6.54 Å². The summed E-state index contributed by atoms with van der Waals surface area (Å²) in [5, 5.41) is 4.73. The van der Waals surface area contributed by atoms with Crippen LogP contribution in [0.5, 0.6) is 0 Å². The van der Waals surface area contributed by atoms with Gasteiger partial charge >= 0.3 is 0 Å². The number of rotatable bonds is 5. The molecule has 1 N–H and O–H groups in total. The van der Waals surface area contributed by atoms with Crippen LogP contribution in [0, 0.1) is 5.92 Å². The molecule has 2 atom stereocenters. The van der Waals surface area contributed by atoms with Crippen molar-refractivity contribution < 1.29 is 0 Å². The monoisotopic (exact) mass is 259 g/mol. The van der Waals surface area contributed by atoms with Gasteiger partial charge in [-0.15, -0.1) is 0 Å². The summed E-state index contributed by atoms with van der Waals surface area (Å²) >= 11 is 11.8. The van der Waals surface area contributed by atoms with Crippen LogP contribution in [0.1, 0.15) is 32.8 Å². The van der Waals surface area contributed by atoms with E-state index in [1.54, 1.807) is 0 Å². The van der Waals surface area contributed by atoms with E-state index in [1.165, 1.54) is 12.0 Å². The Balaban J connectivity index is 2.51. The Labute approximate surface area is 108 Å². The Kier molecular flexibility index (Phi) is 5.60. The molecule has 0 saturated carbocycles. The molecule has 0 amide bonds. The Hall–Kier alpha value is -0.240. The lowest BCUT2D eigenvalue weighted by Gasteiger charge is -2.20. The second-order valence-electron chi connectivity index (χ2n) is 4.30. The smallest absolute Gasteiger partial charge is 0.0595 e. The molecule has 2 unspecified atom stereocenters. The molecule has 1 aromatic rings. The van der Waals surface area contributed by atoms with Gasteiger partial charge in [0.15, 0.2) is 0 Å². The highest BCUT2D eigenvalue weighted by Crippen LogP contribution is 2.22. The molecule has 1 rings (SSSR count). The quantitative estimate of drug-likeness (QED) is 0.820. The molecular weight excluding hydrogens is 241 g/mol. The normalized spacial score (nSPS) is 14.8. The highest BCUT2D eigenvalue weighted by molar-refractivity contribution is 6.42. The van der Waals surface area contributed by atoms with Crippen molar-refractivity contribution in [2.75, 3.05) is 0 Å².